The standard InChI is InChI=1S/C13H13ClN4O2/c1-6-10(12(18-17-6)13(20)15-3)11-8(7(2)19)4-5-9(14)16-11/h4-5H,1-3H3,(H,15,20)(H,17,18). The van der Waals surface area contributed by atoms with Crippen molar-refractivity contribution < 1.29 is 9.59 Å². The van der Waals surface area contributed by atoms with Gasteiger partial charge in [0.2, 0.25) is 0 Å². The SMILES string of the molecule is CNC(=O)c1n[nH]c(C)c1-c1nc(Cl)ccc1C(C)=O. The Morgan fingerprint density at radius 2 is 2.05 bits per heavy atom. The Hall–Kier alpha value is -2.21. The summed E-state index contributed by atoms with van der Waals surface area (Å²) in [6, 6.07) is 3.13. The van der Waals surface area contributed by atoms with Crippen molar-refractivity contribution in [3.8, 4) is 11.3 Å². The monoisotopic (exact) mass is 292 g/mol. The molecule has 2 heterocycles. The second-order valence-corrected chi connectivity index (χ2v) is 4.62. The highest BCUT2D eigenvalue weighted by Gasteiger charge is 2.23. The highest BCUT2D eigenvalue weighted by atomic mass is 35.5. The maximum Gasteiger partial charge on any atom is 0.272 e. The summed E-state index contributed by atoms with van der Waals surface area (Å²) >= 11 is 5.90. The molecule has 2 rings (SSSR count). The first-order valence-corrected chi connectivity index (χ1v) is 6.28. The van der Waals surface area contributed by atoms with Crippen molar-refractivity contribution in [2.24, 2.45) is 0 Å². The molecule has 0 radical (unpaired) electrons. The van der Waals surface area contributed by atoms with Crippen molar-refractivity contribution in [3.05, 3.63) is 34.2 Å². The number of carbonyl (C=O) groups excluding carboxylic acids is 2. The van der Waals surface area contributed by atoms with E-state index >= 15 is 0 Å². The van der Waals surface area contributed by atoms with Crippen molar-refractivity contribution in [2.45, 2.75) is 13.8 Å². The van der Waals surface area contributed by atoms with Gasteiger partial charge in [-0.3, -0.25) is 14.7 Å². The average molecular weight is 293 g/mol. The zero-order valence-electron chi connectivity index (χ0n) is 11.2. The van der Waals surface area contributed by atoms with Crippen LogP contribution in [0.2, 0.25) is 5.15 Å². The van der Waals surface area contributed by atoms with Gasteiger partial charge in [-0.25, -0.2) is 4.98 Å². The third-order valence-electron chi connectivity index (χ3n) is 2.87. The van der Waals surface area contributed by atoms with Gasteiger partial charge in [0, 0.05) is 18.3 Å². The minimum absolute atomic E-state index is 0.160. The van der Waals surface area contributed by atoms with E-state index in [1.54, 1.807) is 13.0 Å². The summed E-state index contributed by atoms with van der Waals surface area (Å²) in [7, 11) is 1.51. The second kappa shape index (κ2) is 5.42. The molecule has 7 heteroatoms. The number of hydrogen-bond acceptors (Lipinski definition) is 4. The van der Waals surface area contributed by atoms with Crippen LogP contribution in [0, 0.1) is 6.92 Å². The van der Waals surface area contributed by atoms with Crippen molar-refractivity contribution >= 4 is 23.3 Å². The molecule has 0 fully saturated rings. The number of Topliss-reactive ketones (excluding diaryl/α,β-unsaturated/α-hetero) is 1. The van der Waals surface area contributed by atoms with Gasteiger partial charge in [0.15, 0.2) is 11.5 Å². The summed E-state index contributed by atoms with van der Waals surface area (Å²) in [5.74, 6) is -0.520. The van der Waals surface area contributed by atoms with Crippen LogP contribution in [-0.4, -0.2) is 33.9 Å². The molecule has 0 aliphatic rings. The van der Waals surface area contributed by atoms with Crippen LogP contribution in [0.3, 0.4) is 0 Å². The van der Waals surface area contributed by atoms with Crippen molar-refractivity contribution in [2.75, 3.05) is 7.05 Å². The van der Waals surface area contributed by atoms with E-state index in [4.69, 9.17) is 11.6 Å². The summed E-state index contributed by atoms with van der Waals surface area (Å²) in [6.45, 7) is 3.19. The molecule has 0 saturated heterocycles. The van der Waals surface area contributed by atoms with Gasteiger partial charge >= 0.3 is 0 Å². The summed E-state index contributed by atoms with van der Waals surface area (Å²) in [6.07, 6.45) is 0. The zero-order valence-corrected chi connectivity index (χ0v) is 12.0. The molecule has 0 bridgehead atoms. The molecule has 20 heavy (non-hydrogen) atoms. The number of aromatic nitrogens is 3. The van der Waals surface area contributed by atoms with Gasteiger partial charge < -0.3 is 5.32 Å². The van der Waals surface area contributed by atoms with Crippen LogP contribution in [-0.2, 0) is 0 Å². The summed E-state index contributed by atoms with van der Waals surface area (Å²) in [5.41, 5.74) is 2.05. The molecule has 0 spiro atoms. The Bertz CT molecular complexity index is 694. The molecule has 0 saturated carbocycles. The predicted molar refractivity (Wildman–Crippen MR) is 75.0 cm³/mol. The van der Waals surface area contributed by atoms with E-state index in [1.807, 2.05) is 0 Å². The van der Waals surface area contributed by atoms with E-state index in [9.17, 15) is 9.59 Å². The normalized spacial score (nSPS) is 10.4. The van der Waals surface area contributed by atoms with Crippen LogP contribution < -0.4 is 5.32 Å². The smallest absolute Gasteiger partial charge is 0.272 e. The Morgan fingerprint density at radius 1 is 1.35 bits per heavy atom. The molecule has 2 aromatic heterocycles. The molecule has 104 valence electrons. The topological polar surface area (TPSA) is 87.7 Å². The van der Waals surface area contributed by atoms with Crippen LogP contribution in [0.15, 0.2) is 12.1 Å². The first-order valence-electron chi connectivity index (χ1n) is 5.90. The number of halogens is 1. The lowest BCUT2D eigenvalue weighted by molar-refractivity contribution is 0.0957. The quantitative estimate of drug-likeness (QED) is 0.669. The number of H-pyrrole nitrogens is 1. The summed E-state index contributed by atoms with van der Waals surface area (Å²) < 4.78 is 0. The molecule has 0 unspecified atom stereocenters. The Morgan fingerprint density at radius 3 is 2.65 bits per heavy atom. The van der Waals surface area contributed by atoms with Gasteiger partial charge in [0.25, 0.3) is 5.91 Å². The number of ketones is 1. The molecule has 0 aliphatic heterocycles. The van der Waals surface area contributed by atoms with Gasteiger partial charge in [-0.1, -0.05) is 11.6 Å². The fourth-order valence-corrected chi connectivity index (χ4v) is 2.06. The number of carbonyl (C=O) groups is 2. The number of rotatable bonds is 3. The van der Waals surface area contributed by atoms with E-state index in [0.29, 0.717) is 22.5 Å². The average Bonchev–Trinajstić information content (AvgIpc) is 2.79. The fourth-order valence-electron chi connectivity index (χ4n) is 1.91. The van der Waals surface area contributed by atoms with Gasteiger partial charge in [-0.15, -0.1) is 0 Å². The number of aryl methyl sites for hydroxylation is 1. The lowest BCUT2D eigenvalue weighted by atomic mass is 10.0. The predicted octanol–water partition coefficient (Wildman–Crippen LogP) is 2.00. The number of nitrogens with one attached hydrogen (secondary N) is 2. The third-order valence-corrected chi connectivity index (χ3v) is 3.08. The number of hydrogen-bond donors (Lipinski definition) is 2. The molecule has 2 aromatic rings. The minimum atomic E-state index is -0.361. The molecule has 0 aliphatic carbocycles. The lowest BCUT2D eigenvalue weighted by Crippen LogP contribution is -2.19. The van der Waals surface area contributed by atoms with Crippen molar-refractivity contribution in [1.82, 2.24) is 20.5 Å². The molecule has 0 atom stereocenters. The Kier molecular flexibility index (Phi) is 3.85. The third kappa shape index (κ3) is 2.42. The Labute approximate surface area is 120 Å². The number of amides is 1. The zero-order chi connectivity index (χ0) is 14.9. The van der Waals surface area contributed by atoms with Crippen LogP contribution >= 0.6 is 11.6 Å². The van der Waals surface area contributed by atoms with Gasteiger partial charge in [-0.2, -0.15) is 5.10 Å². The lowest BCUT2D eigenvalue weighted by Gasteiger charge is -2.07. The summed E-state index contributed by atoms with van der Waals surface area (Å²) in [5, 5.41) is 9.44. The molecule has 1 amide bonds. The maximum absolute atomic E-state index is 11.8. The molecule has 0 aromatic carbocycles. The Balaban J connectivity index is 2.74. The van der Waals surface area contributed by atoms with E-state index in [-0.39, 0.29) is 22.5 Å². The van der Waals surface area contributed by atoms with Crippen LogP contribution in [0.4, 0.5) is 0 Å². The molecule has 2 N–H and O–H groups in total. The fraction of sp³-hybridized carbons (Fsp3) is 0.231. The van der Waals surface area contributed by atoms with Gasteiger partial charge in [0.1, 0.15) is 5.15 Å². The van der Waals surface area contributed by atoms with Crippen LogP contribution in [0.1, 0.15) is 33.5 Å². The highest BCUT2D eigenvalue weighted by molar-refractivity contribution is 6.29. The minimum Gasteiger partial charge on any atom is -0.354 e. The summed E-state index contributed by atoms with van der Waals surface area (Å²) in [4.78, 5) is 27.7. The van der Waals surface area contributed by atoms with Crippen molar-refractivity contribution in [3.63, 3.8) is 0 Å². The van der Waals surface area contributed by atoms with E-state index in [0.717, 1.165) is 0 Å². The van der Waals surface area contributed by atoms with Crippen molar-refractivity contribution in [1.29, 1.82) is 0 Å². The van der Waals surface area contributed by atoms with Crippen LogP contribution in [0.25, 0.3) is 11.3 Å². The molecular weight excluding hydrogens is 280 g/mol. The highest BCUT2D eigenvalue weighted by Crippen LogP contribution is 2.29. The van der Waals surface area contributed by atoms with Gasteiger partial charge in [0.05, 0.1) is 11.3 Å². The largest absolute Gasteiger partial charge is 0.354 e. The maximum atomic E-state index is 11.8. The van der Waals surface area contributed by atoms with E-state index < -0.39 is 0 Å². The number of aromatic amines is 1. The number of nitrogens with zero attached hydrogens (tertiary/aromatic N) is 2. The van der Waals surface area contributed by atoms with Gasteiger partial charge in [-0.05, 0) is 26.0 Å². The first-order chi connectivity index (χ1) is 9.45. The van der Waals surface area contributed by atoms with E-state index in [2.05, 4.69) is 20.5 Å². The second-order valence-electron chi connectivity index (χ2n) is 4.24. The number of pyridine rings is 1. The van der Waals surface area contributed by atoms with Crippen LogP contribution in [0.5, 0.6) is 0 Å². The van der Waals surface area contributed by atoms with E-state index in [1.165, 1.54) is 20.0 Å². The molecule has 6 nitrogen and oxygen atoms in total. The first kappa shape index (κ1) is 14.2. The molecular formula is C13H13ClN4O2.